The van der Waals surface area contributed by atoms with Gasteiger partial charge in [0, 0.05) is 45.2 Å². The van der Waals surface area contributed by atoms with Crippen LogP contribution in [0.1, 0.15) is 108 Å². The highest BCUT2D eigenvalue weighted by Gasteiger charge is 2.47. The second-order valence-electron chi connectivity index (χ2n) is 15.6. The fourth-order valence-electron chi connectivity index (χ4n) is 11.8. The second-order valence-corrected chi connectivity index (χ2v) is 15.6. The van der Waals surface area contributed by atoms with Gasteiger partial charge in [0.15, 0.2) is 0 Å². The first kappa shape index (κ1) is 24.2. The number of hydrogen-bond acceptors (Lipinski definition) is 2. The molecule has 0 radical (unpaired) electrons. The van der Waals surface area contributed by atoms with Crippen LogP contribution in [0.25, 0.3) is 48.9 Å². The second kappa shape index (κ2) is 9.47. The van der Waals surface area contributed by atoms with Crippen LogP contribution in [0.2, 0.25) is 0 Å². The number of nitriles is 2. The molecule has 55 heavy (non-hydrogen) atoms. The Morgan fingerprint density at radius 3 is 1.33 bits per heavy atom. The lowest BCUT2D eigenvalue weighted by molar-refractivity contribution is 0.758. The van der Waals surface area contributed by atoms with Crippen molar-refractivity contribution in [2.45, 2.75) is 23.7 Å². The van der Waals surface area contributed by atoms with Crippen LogP contribution in [-0.2, 0) is 0 Å². The van der Waals surface area contributed by atoms with Crippen molar-refractivity contribution < 1.29 is 6.85 Å². The maximum absolute atomic E-state index is 11.2. The molecule has 0 N–H and O–H groups in total. The molecule has 0 spiro atoms. The van der Waals surface area contributed by atoms with Gasteiger partial charge >= 0.3 is 0 Å². The molecule has 250 valence electrons. The van der Waals surface area contributed by atoms with Crippen LogP contribution in [-0.4, -0.2) is 4.40 Å². The predicted octanol–water partition coefficient (Wildman–Crippen LogP) is 11.7. The van der Waals surface area contributed by atoms with Crippen molar-refractivity contribution in [2.75, 3.05) is 0 Å². The Labute approximate surface area is 322 Å². The summed E-state index contributed by atoms with van der Waals surface area (Å²) in [5, 5.41) is 25.7. The molecule has 3 heteroatoms. The fraction of sp³-hybridized carbons (Fsp3) is 0.0769. The zero-order valence-corrected chi connectivity index (χ0v) is 29.0. The van der Waals surface area contributed by atoms with E-state index in [9.17, 15) is 14.6 Å². The van der Waals surface area contributed by atoms with Gasteiger partial charge in [0.25, 0.3) is 0 Å². The predicted molar refractivity (Wildman–Crippen MR) is 218 cm³/mol. The molecule has 6 aliphatic rings. The molecule has 3 nitrogen and oxygen atoms in total. The molecule has 6 aliphatic carbocycles. The molecule has 0 aliphatic heterocycles. The Bertz CT molecular complexity index is 3750. The maximum Gasteiger partial charge on any atom is 0.0995 e. The maximum atomic E-state index is 11.2. The fourth-order valence-corrected chi connectivity index (χ4v) is 11.8. The minimum absolute atomic E-state index is 0.0359. The average molecular weight is 699 g/mol. The van der Waals surface area contributed by atoms with E-state index in [2.05, 4.69) is 114 Å². The lowest BCUT2D eigenvalue weighted by Crippen LogP contribution is -2.28. The molecule has 0 saturated heterocycles. The lowest BCUT2D eigenvalue weighted by Gasteiger charge is -2.43. The zero-order valence-electron chi connectivity index (χ0n) is 34.0. The summed E-state index contributed by atoms with van der Waals surface area (Å²) in [6.45, 7) is 0. The van der Waals surface area contributed by atoms with E-state index in [1.807, 2.05) is 12.1 Å². The minimum Gasteiger partial charge on any atom is -0.308 e. The van der Waals surface area contributed by atoms with Crippen LogP contribution in [0.5, 0.6) is 0 Å². The lowest BCUT2D eigenvalue weighted by atomic mass is 9.59. The third kappa shape index (κ3) is 3.04. The van der Waals surface area contributed by atoms with Gasteiger partial charge in [-0.3, -0.25) is 0 Å². The normalized spacial score (nSPS) is 20.5. The highest BCUT2D eigenvalue weighted by Crippen LogP contribution is 2.62. The van der Waals surface area contributed by atoms with E-state index in [0.717, 1.165) is 88.6 Å². The van der Waals surface area contributed by atoms with E-state index >= 15 is 0 Å². The van der Waals surface area contributed by atoms with Gasteiger partial charge in [0.2, 0.25) is 0 Å². The molecular weight excluding hydrogens is 667 g/mol. The molecule has 2 heterocycles. The quantitative estimate of drug-likeness (QED) is 0.158. The zero-order chi connectivity index (χ0) is 40.2. The first-order valence-corrected chi connectivity index (χ1v) is 18.8. The van der Waals surface area contributed by atoms with Crippen molar-refractivity contribution in [2.24, 2.45) is 0 Å². The van der Waals surface area contributed by atoms with E-state index in [0.29, 0.717) is 32.8 Å². The smallest absolute Gasteiger partial charge is 0.0995 e. The SMILES string of the molecule is [2H]c1c([2H])c([2H])c2c(c1[2H])c([2H])c1c3c4c(c(C#N)cc3n3c5cc(C#N)c6c(c5c2c13)C1c2ccccc2C6c2ccccc21)C1c2ccccc2C4c2ccccc21. The molecule has 0 fully saturated rings. The topological polar surface area (TPSA) is 52.0 Å². The highest BCUT2D eigenvalue weighted by molar-refractivity contribution is 6.33. The first-order valence-electron chi connectivity index (χ1n) is 21.3. The molecule has 0 saturated carbocycles. The van der Waals surface area contributed by atoms with Crippen molar-refractivity contribution in [3.63, 3.8) is 0 Å². The summed E-state index contributed by atoms with van der Waals surface area (Å²) in [5.74, 6) is -0.911. The summed E-state index contributed by atoms with van der Waals surface area (Å²) < 4.78 is 49.2. The van der Waals surface area contributed by atoms with Crippen molar-refractivity contribution in [1.82, 2.24) is 4.40 Å². The number of rotatable bonds is 0. The Balaban J connectivity index is 1.27. The molecule has 0 atom stereocenters. The summed E-state index contributed by atoms with van der Waals surface area (Å²) >= 11 is 0. The molecule has 16 rings (SSSR count). The Morgan fingerprint density at radius 1 is 0.473 bits per heavy atom. The number of aromatic nitrogens is 1. The summed E-state index contributed by atoms with van der Waals surface area (Å²) in [4.78, 5) is 0. The van der Waals surface area contributed by atoms with Crippen LogP contribution >= 0.6 is 0 Å². The van der Waals surface area contributed by atoms with Gasteiger partial charge in [-0.05, 0) is 95.7 Å². The number of fused-ring (bicyclic) bond motifs is 8. The molecule has 4 bridgehead atoms. The van der Waals surface area contributed by atoms with Crippen molar-refractivity contribution >= 4 is 48.9 Å². The standard InChI is InChI=1S/C52H27N3/c53-24-27-22-39-47(50-41(27)43-30-13-3-7-17-34(30)45(50)35-18-8-4-14-31(35)43)38-21-26-11-1-2-12-29(26)48-49-40(55(39)52(38)48)23-28(25-54)42-44-32-15-5-9-19-36(32)46(51(42)49)37-20-10-6-16-33(37)44/h1-23,43-46H/i1D,2D,11D,12D,21D. The Hall–Kier alpha value is -7.20. The molecule has 0 unspecified atom stereocenters. The van der Waals surface area contributed by atoms with Gasteiger partial charge in [-0.15, -0.1) is 0 Å². The number of hydrogen-bond donors (Lipinski definition) is 0. The number of nitrogens with zero attached hydrogens (tertiary/aromatic N) is 3. The molecule has 10 aromatic rings. The summed E-state index contributed by atoms with van der Waals surface area (Å²) in [5.41, 5.74) is 16.3. The van der Waals surface area contributed by atoms with Crippen LogP contribution < -0.4 is 0 Å². The van der Waals surface area contributed by atoms with Gasteiger partial charge in [0.05, 0.1) is 46.7 Å². The third-order valence-corrected chi connectivity index (χ3v) is 13.5. The minimum atomic E-state index is -0.381. The van der Waals surface area contributed by atoms with Gasteiger partial charge in [-0.25, -0.2) is 0 Å². The van der Waals surface area contributed by atoms with E-state index in [4.69, 9.17) is 2.74 Å². The monoisotopic (exact) mass is 698 g/mol. The molecule has 0 amide bonds. The van der Waals surface area contributed by atoms with Crippen molar-refractivity contribution in [3.8, 4) is 12.1 Å². The largest absolute Gasteiger partial charge is 0.308 e. The Morgan fingerprint density at radius 2 is 0.873 bits per heavy atom. The summed E-state index contributed by atoms with van der Waals surface area (Å²) in [7, 11) is 0. The summed E-state index contributed by atoms with van der Waals surface area (Å²) in [6.07, 6.45) is 0. The summed E-state index contributed by atoms with van der Waals surface area (Å²) in [6, 6.07) is 41.8. The molecule has 2 aromatic heterocycles. The van der Waals surface area contributed by atoms with E-state index in [1.54, 1.807) is 0 Å². The van der Waals surface area contributed by atoms with Gasteiger partial charge < -0.3 is 4.40 Å². The van der Waals surface area contributed by atoms with Gasteiger partial charge in [0.1, 0.15) is 0 Å². The molecule has 8 aromatic carbocycles. The van der Waals surface area contributed by atoms with Gasteiger partial charge in [-0.2, -0.15) is 10.5 Å². The van der Waals surface area contributed by atoms with E-state index in [1.165, 1.54) is 0 Å². The van der Waals surface area contributed by atoms with E-state index in [-0.39, 0.29) is 59.3 Å². The van der Waals surface area contributed by atoms with Crippen LogP contribution in [0.15, 0.2) is 139 Å². The number of benzene rings is 8. The van der Waals surface area contributed by atoms with Crippen LogP contribution in [0, 0.1) is 22.7 Å². The van der Waals surface area contributed by atoms with E-state index < -0.39 is 0 Å². The van der Waals surface area contributed by atoms with Gasteiger partial charge in [-0.1, -0.05) is 121 Å². The average Bonchev–Trinajstić information content (AvgIpc) is 3.81. The van der Waals surface area contributed by atoms with Crippen LogP contribution in [0.4, 0.5) is 0 Å². The molecular formula is C52H27N3. The van der Waals surface area contributed by atoms with Crippen molar-refractivity contribution in [1.29, 1.82) is 10.5 Å². The highest BCUT2D eigenvalue weighted by atomic mass is 14.9. The van der Waals surface area contributed by atoms with Crippen LogP contribution in [0.3, 0.4) is 0 Å². The third-order valence-electron chi connectivity index (χ3n) is 13.5. The first-order chi connectivity index (χ1) is 29.3. The Kier molecular flexibility index (Phi) is 4.16. The van der Waals surface area contributed by atoms with Crippen molar-refractivity contribution in [3.05, 3.63) is 217 Å².